The largest absolute Gasteiger partial charge is 0.490 e. The smallest absolute Gasteiger partial charge is 0.475 e. The Balaban J connectivity index is 0.000000505. The highest BCUT2D eigenvalue weighted by Crippen LogP contribution is 2.41. The Labute approximate surface area is 216 Å². The van der Waals surface area contributed by atoms with Crippen molar-refractivity contribution in [3.8, 4) is 0 Å². The Morgan fingerprint density at radius 1 is 1.18 bits per heavy atom. The molecule has 2 aromatic heterocycles. The molecule has 3 aromatic rings. The quantitative estimate of drug-likeness (QED) is 0.473. The second-order valence-electron chi connectivity index (χ2n) is 8.64. The topological polar surface area (TPSA) is 147 Å². The minimum absolute atomic E-state index is 0.137. The summed E-state index contributed by atoms with van der Waals surface area (Å²) in [5.74, 6) is -2.81. The first-order chi connectivity index (χ1) is 17.7. The van der Waals surface area contributed by atoms with E-state index >= 15 is 0 Å². The van der Waals surface area contributed by atoms with Gasteiger partial charge in [-0.3, -0.25) is 18.8 Å². The standard InChI is InChI=1S/C21H24N6O3S.C2HF3O2/c1-14(2)26-13-24-20(25-26)18-12-27(31(3,29)30)19-5-4-16(10-17(18)19)21(28)23-11-15-6-8-22-9-7-15;3-2(4,5)1(6)7/h4-10,13-14,18H,11-12H2,1-3H3,(H,23,28);(H,6,7). The Hall–Kier alpha value is -4.01. The average Bonchev–Trinajstić information content (AvgIpc) is 3.47. The zero-order valence-corrected chi connectivity index (χ0v) is 21.4. The van der Waals surface area contributed by atoms with Crippen molar-refractivity contribution in [3.05, 3.63) is 71.6 Å². The number of carbonyl (C=O) groups is 2. The van der Waals surface area contributed by atoms with E-state index in [0.29, 0.717) is 23.6 Å². The fourth-order valence-corrected chi connectivity index (χ4v) is 4.52. The maximum atomic E-state index is 12.7. The van der Waals surface area contributed by atoms with Gasteiger partial charge in [0.2, 0.25) is 10.0 Å². The molecule has 0 radical (unpaired) electrons. The third-order valence-electron chi connectivity index (χ3n) is 5.49. The number of nitrogens with zero attached hydrogens (tertiary/aromatic N) is 5. The van der Waals surface area contributed by atoms with Crippen molar-refractivity contribution in [2.45, 2.75) is 38.5 Å². The lowest BCUT2D eigenvalue weighted by Gasteiger charge is -2.16. The van der Waals surface area contributed by atoms with Crippen molar-refractivity contribution in [2.75, 3.05) is 17.1 Å². The van der Waals surface area contributed by atoms with Crippen LogP contribution in [0.1, 0.15) is 53.1 Å². The molecule has 3 heterocycles. The Morgan fingerprint density at radius 2 is 1.82 bits per heavy atom. The first kappa shape index (κ1) is 28.6. The molecule has 38 heavy (non-hydrogen) atoms. The lowest BCUT2D eigenvalue weighted by atomic mass is 9.98. The van der Waals surface area contributed by atoms with Crippen LogP contribution >= 0.6 is 0 Å². The van der Waals surface area contributed by atoms with Crippen molar-refractivity contribution < 1.29 is 36.3 Å². The first-order valence-corrected chi connectivity index (χ1v) is 13.0. The number of hydrogen-bond acceptors (Lipinski definition) is 7. The Bertz CT molecular complexity index is 1410. The lowest BCUT2D eigenvalue weighted by Crippen LogP contribution is -2.29. The predicted octanol–water partition coefficient (Wildman–Crippen LogP) is 2.73. The molecular formula is C23H25F3N6O5S. The van der Waals surface area contributed by atoms with E-state index in [1.807, 2.05) is 26.0 Å². The van der Waals surface area contributed by atoms with Crippen molar-refractivity contribution in [1.29, 1.82) is 0 Å². The molecule has 0 spiro atoms. The summed E-state index contributed by atoms with van der Waals surface area (Å²) in [6.07, 6.45) is 1.08. The molecule has 15 heteroatoms. The van der Waals surface area contributed by atoms with Crippen molar-refractivity contribution in [3.63, 3.8) is 0 Å². The van der Waals surface area contributed by atoms with Gasteiger partial charge in [-0.2, -0.15) is 18.3 Å². The first-order valence-electron chi connectivity index (χ1n) is 11.2. The van der Waals surface area contributed by atoms with Crippen LogP contribution in [-0.4, -0.2) is 64.1 Å². The number of carboxylic acids is 1. The van der Waals surface area contributed by atoms with Crippen LogP contribution in [-0.2, 0) is 21.4 Å². The Morgan fingerprint density at radius 3 is 2.34 bits per heavy atom. The van der Waals surface area contributed by atoms with Gasteiger partial charge in [-0.25, -0.2) is 18.2 Å². The second kappa shape index (κ2) is 11.2. The highest BCUT2D eigenvalue weighted by molar-refractivity contribution is 7.92. The maximum absolute atomic E-state index is 12.7. The number of nitrogens with one attached hydrogen (secondary N) is 1. The summed E-state index contributed by atoms with van der Waals surface area (Å²) >= 11 is 0. The maximum Gasteiger partial charge on any atom is 0.490 e. The monoisotopic (exact) mass is 554 g/mol. The van der Waals surface area contributed by atoms with E-state index in [-0.39, 0.29) is 24.4 Å². The highest BCUT2D eigenvalue weighted by atomic mass is 32.2. The van der Waals surface area contributed by atoms with Gasteiger partial charge in [-0.1, -0.05) is 0 Å². The van der Waals surface area contributed by atoms with Crippen LogP contribution in [0.4, 0.5) is 18.9 Å². The van der Waals surface area contributed by atoms with Crippen LogP contribution in [0.15, 0.2) is 49.1 Å². The number of aliphatic carboxylic acids is 1. The van der Waals surface area contributed by atoms with E-state index in [2.05, 4.69) is 20.4 Å². The van der Waals surface area contributed by atoms with E-state index in [0.717, 1.165) is 11.1 Å². The number of halogens is 3. The number of carboxylic acid groups (broad SMARTS) is 1. The summed E-state index contributed by atoms with van der Waals surface area (Å²) in [6, 6.07) is 8.86. The van der Waals surface area contributed by atoms with Gasteiger partial charge in [0.05, 0.1) is 17.9 Å². The molecule has 1 aromatic carbocycles. The van der Waals surface area contributed by atoms with Gasteiger partial charge in [-0.15, -0.1) is 0 Å². The van der Waals surface area contributed by atoms with E-state index < -0.39 is 22.2 Å². The second-order valence-corrected chi connectivity index (χ2v) is 10.5. The predicted molar refractivity (Wildman–Crippen MR) is 130 cm³/mol. The number of sulfonamides is 1. The zero-order chi connectivity index (χ0) is 28.3. The van der Waals surface area contributed by atoms with Crippen LogP contribution in [0.2, 0.25) is 0 Å². The summed E-state index contributed by atoms with van der Waals surface area (Å²) in [5.41, 5.74) is 2.67. The average molecular weight is 555 g/mol. The zero-order valence-electron chi connectivity index (χ0n) is 20.5. The molecule has 4 rings (SSSR count). The molecule has 1 atom stereocenters. The minimum atomic E-state index is -5.08. The molecule has 0 saturated heterocycles. The molecule has 11 nitrogen and oxygen atoms in total. The molecule has 0 bridgehead atoms. The van der Waals surface area contributed by atoms with Crippen LogP contribution in [0, 0.1) is 0 Å². The molecule has 204 valence electrons. The normalized spacial score (nSPS) is 15.0. The van der Waals surface area contributed by atoms with Crippen molar-refractivity contribution >= 4 is 27.6 Å². The molecule has 0 fully saturated rings. The van der Waals surface area contributed by atoms with Gasteiger partial charge in [0, 0.05) is 37.1 Å². The van der Waals surface area contributed by atoms with Gasteiger partial charge in [0.15, 0.2) is 5.82 Å². The molecule has 2 N–H and O–H groups in total. The number of carbonyl (C=O) groups excluding carboxylic acids is 1. The fourth-order valence-electron chi connectivity index (χ4n) is 3.58. The van der Waals surface area contributed by atoms with Crippen LogP contribution in [0.5, 0.6) is 0 Å². The molecule has 1 amide bonds. The van der Waals surface area contributed by atoms with E-state index in [1.54, 1.807) is 41.6 Å². The number of alkyl halides is 3. The molecule has 1 aliphatic heterocycles. The fraction of sp³-hybridized carbons (Fsp3) is 0.348. The lowest BCUT2D eigenvalue weighted by molar-refractivity contribution is -0.192. The number of aromatic nitrogens is 4. The number of benzene rings is 1. The van der Waals surface area contributed by atoms with E-state index in [9.17, 15) is 26.4 Å². The molecule has 0 aliphatic carbocycles. The Kier molecular flexibility index (Phi) is 8.39. The summed E-state index contributed by atoms with van der Waals surface area (Å²) in [5, 5.41) is 14.5. The van der Waals surface area contributed by atoms with Crippen LogP contribution in [0.3, 0.4) is 0 Å². The van der Waals surface area contributed by atoms with Crippen molar-refractivity contribution in [1.82, 2.24) is 25.1 Å². The number of anilines is 1. The van der Waals surface area contributed by atoms with E-state index in [4.69, 9.17) is 9.90 Å². The third-order valence-corrected chi connectivity index (χ3v) is 6.64. The van der Waals surface area contributed by atoms with Crippen LogP contribution in [0.25, 0.3) is 0 Å². The molecule has 1 unspecified atom stereocenters. The van der Waals surface area contributed by atoms with Gasteiger partial charge >= 0.3 is 12.1 Å². The van der Waals surface area contributed by atoms with Crippen LogP contribution < -0.4 is 9.62 Å². The SMILES string of the molecule is CC(C)n1cnc(C2CN(S(C)(=O)=O)c3ccc(C(=O)NCc4ccncc4)cc32)n1.O=C(O)C(F)(F)F. The minimum Gasteiger partial charge on any atom is -0.475 e. The summed E-state index contributed by atoms with van der Waals surface area (Å²) < 4.78 is 59.5. The molecule has 0 saturated carbocycles. The van der Waals surface area contributed by atoms with Gasteiger partial charge in [0.25, 0.3) is 5.91 Å². The van der Waals surface area contributed by atoms with E-state index in [1.165, 1.54) is 10.6 Å². The van der Waals surface area contributed by atoms with Gasteiger partial charge < -0.3 is 10.4 Å². The number of amides is 1. The highest BCUT2D eigenvalue weighted by Gasteiger charge is 2.38. The summed E-state index contributed by atoms with van der Waals surface area (Å²) in [7, 11) is -3.48. The van der Waals surface area contributed by atoms with Gasteiger partial charge in [0.1, 0.15) is 6.33 Å². The number of hydrogen-bond donors (Lipinski definition) is 2. The molecule has 1 aliphatic rings. The van der Waals surface area contributed by atoms with Gasteiger partial charge in [-0.05, 0) is 55.3 Å². The number of fused-ring (bicyclic) bond motifs is 1. The number of rotatable bonds is 6. The third kappa shape index (κ3) is 6.85. The summed E-state index contributed by atoms with van der Waals surface area (Å²) in [4.78, 5) is 30.0. The summed E-state index contributed by atoms with van der Waals surface area (Å²) in [6.45, 7) is 4.57. The number of pyridine rings is 1. The molecular weight excluding hydrogens is 529 g/mol. The van der Waals surface area contributed by atoms with Crippen molar-refractivity contribution in [2.24, 2.45) is 0 Å².